The van der Waals surface area contributed by atoms with E-state index in [1.807, 2.05) is 54.6 Å². The Morgan fingerprint density at radius 3 is 2.44 bits per heavy atom. The van der Waals surface area contributed by atoms with Gasteiger partial charge in [-0.1, -0.05) is 71.7 Å². The van der Waals surface area contributed by atoms with Crippen molar-refractivity contribution in [1.82, 2.24) is 0 Å². The highest BCUT2D eigenvalue weighted by molar-refractivity contribution is 6.35. The minimum Gasteiger partial charge on any atom is -0.305 e. The molecule has 0 atom stereocenters. The molecule has 0 saturated heterocycles. The monoisotopic (exact) mass is 394 g/mol. The highest BCUT2D eigenvalue weighted by Crippen LogP contribution is 2.36. The van der Waals surface area contributed by atoms with Gasteiger partial charge in [-0.2, -0.15) is 0 Å². The van der Waals surface area contributed by atoms with Gasteiger partial charge in [-0.15, -0.1) is 0 Å². The molecule has 0 radical (unpaired) electrons. The topological polar surface area (TPSA) is 32.7 Å². The summed E-state index contributed by atoms with van der Waals surface area (Å²) in [5, 5.41) is 1.15. The maximum atomic E-state index is 13.1. The van der Waals surface area contributed by atoms with Crippen LogP contribution in [0.5, 0.6) is 0 Å². The van der Waals surface area contributed by atoms with Crippen molar-refractivity contribution >= 4 is 46.2 Å². The van der Waals surface area contributed by atoms with Gasteiger partial charge in [0.05, 0.1) is 30.1 Å². The second-order valence-corrected chi connectivity index (χ2v) is 7.16. The van der Waals surface area contributed by atoms with Gasteiger partial charge >= 0.3 is 0 Å². The average molecular weight is 395 g/mol. The number of aliphatic imine (C=N–C) groups is 1. The van der Waals surface area contributed by atoms with E-state index in [1.165, 1.54) is 0 Å². The third kappa shape index (κ3) is 3.75. The number of carbonyl (C=O) groups is 1. The number of hydrogen-bond acceptors (Lipinski definition) is 2. The predicted octanol–water partition coefficient (Wildman–Crippen LogP) is 6.05. The van der Waals surface area contributed by atoms with E-state index in [9.17, 15) is 4.79 Å². The van der Waals surface area contributed by atoms with Crippen LogP contribution in [0.1, 0.15) is 17.5 Å². The van der Waals surface area contributed by atoms with Crippen LogP contribution < -0.4 is 4.90 Å². The SMILES string of the molecule is O=C1CC(c2ccccc2Cl)=Nc2ccc(Cl)cc2N1Cc1ccccc1. The fraction of sp³-hybridized carbons (Fsp3) is 0.0909. The Kier molecular flexibility index (Phi) is 4.97. The molecule has 1 aliphatic rings. The number of hydrogen-bond donors (Lipinski definition) is 0. The molecule has 5 heteroatoms. The van der Waals surface area contributed by atoms with Crippen LogP contribution in [0.3, 0.4) is 0 Å². The Hall–Kier alpha value is -2.62. The minimum atomic E-state index is -0.0430. The fourth-order valence-electron chi connectivity index (χ4n) is 3.16. The number of anilines is 1. The Balaban J connectivity index is 1.80. The summed E-state index contributed by atoms with van der Waals surface area (Å²) in [6, 6.07) is 22.7. The molecule has 1 aliphatic heterocycles. The minimum absolute atomic E-state index is 0.0430. The van der Waals surface area contributed by atoms with Crippen molar-refractivity contribution in [2.75, 3.05) is 4.90 Å². The number of rotatable bonds is 3. The molecule has 0 aliphatic carbocycles. The molecule has 0 aromatic heterocycles. The van der Waals surface area contributed by atoms with E-state index in [0.29, 0.717) is 33.7 Å². The molecule has 0 unspecified atom stereocenters. The second-order valence-electron chi connectivity index (χ2n) is 6.31. The van der Waals surface area contributed by atoms with Crippen LogP contribution in [0.15, 0.2) is 77.8 Å². The fourth-order valence-corrected chi connectivity index (χ4v) is 3.57. The van der Waals surface area contributed by atoms with Crippen molar-refractivity contribution in [3.8, 4) is 0 Å². The molecule has 27 heavy (non-hydrogen) atoms. The smallest absolute Gasteiger partial charge is 0.233 e. The Bertz CT molecular complexity index is 1030. The number of halogens is 2. The van der Waals surface area contributed by atoms with Crippen molar-refractivity contribution in [2.24, 2.45) is 4.99 Å². The molecule has 134 valence electrons. The van der Waals surface area contributed by atoms with Crippen LogP contribution in [0.4, 0.5) is 11.4 Å². The lowest BCUT2D eigenvalue weighted by molar-refractivity contribution is -0.117. The van der Waals surface area contributed by atoms with Crippen LogP contribution in [-0.2, 0) is 11.3 Å². The summed E-state index contributed by atoms with van der Waals surface area (Å²) < 4.78 is 0. The highest BCUT2D eigenvalue weighted by Gasteiger charge is 2.26. The number of carbonyl (C=O) groups excluding carboxylic acids is 1. The first-order valence-corrected chi connectivity index (χ1v) is 9.34. The summed E-state index contributed by atoms with van der Waals surface area (Å²) in [7, 11) is 0. The standard InChI is InChI=1S/C22H16Cl2N2O/c23-16-10-11-19-21(12-16)26(14-15-6-2-1-3-7-15)22(27)13-20(25-19)17-8-4-5-9-18(17)24/h1-12H,13-14H2. The number of amides is 1. The summed E-state index contributed by atoms with van der Waals surface area (Å²) in [4.78, 5) is 19.7. The van der Waals surface area contributed by atoms with Crippen LogP contribution in [-0.4, -0.2) is 11.6 Å². The first kappa shape index (κ1) is 17.8. The summed E-state index contributed by atoms with van der Waals surface area (Å²) in [6.45, 7) is 0.457. The van der Waals surface area contributed by atoms with Gasteiger partial charge in [0, 0.05) is 15.6 Å². The van der Waals surface area contributed by atoms with Crippen molar-refractivity contribution in [3.05, 3.63) is 94.0 Å². The molecule has 1 heterocycles. The van der Waals surface area contributed by atoms with E-state index < -0.39 is 0 Å². The zero-order valence-corrected chi connectivity index (χ0v) is 15.9. The predicted molar refractivity (Wildman–Crippen MR) is 111 cm³/mol. The van der Waals surface area contributed by atoms with E-state index in [0.717, 1.165) is 11.1 Å². The molecule has 3 aromatic carbocycles. The van der Waals surface area contributed by atoms with Gasteiger partial charge in [0.25, 0.3) is 0 Å². The van der Waals surface area contributed by atoms with E-state index in [2.05, 4.69) is 0 Å². The van der Waals surface area contributed by atoms with Crippen molar-refractivity contribution in [1.29, 1.82) is 0 Å². The lowest BCUT2D eigenvalue weighted by Crippen LogP contribution is -2.31. The first-order chi connectivity index (χ1) is 13.1. The maximum absolute atomic E-state index is 13.1. The van der Waals surface area contributed by atoms with Gasteiger partial charge in [-0.05, 0) is 29.8 Å². The van der Waals surface area contributed by atoms with Gasteiger partial charge < -0.3 is 4.90 Å². The molecule has 0 saturated carbocycles. The zero-order chi connectivity index (χ0) is 18.8. The summed E-state index contributed by atoms with van der Waals surface area (Å²) in [5.41, 5.74) is 3.88. The largest absolute Gasteiger partial charge is 0.305 e. The molecule has 0 bridgehead atoms. The normalized spacial score (nSPS) is 13.8. The van der Waals surface area contributed by atoms with Crippen molar-refractivity contribution in [2.45, 2.75) is 13.0 Å². The van der Waals surface area contributed by atoms with Crippen LogP contribution in [0.25, 0.3) is 0 Å². The van der Waals surface area contributed by atoms with E-state index in [4.69, 9.17) is 28.2 Å². The average Bonchev–Trinajstić information content (AvgIpc) is 2.80. The first-order valence-electron chi connectivity index (χ1n) is 8.58. The van der Waals surface area contributed by atoms with Crippen LogP contribution in [0, 0.1) is 0 Å². The summed E-state index contributed by atoms with van der Waals surface area (Å²) >= 11 is 12.6. The molecule has 0 spiro atoms. The zero-order valence-electron chi connectivity index (χ0n) is 14.4. The van der Waals surface area contributed by atoms with Crippen LogP contribution >= 0.6 is 23.2 Å². The Labute approximate surface area is 167 Å². The van der Waals surface area contributed by atoms with Crippen molar-refractivity contribution < 1.29 is 4.79 Å². The van der Waals surface area contributed by atoms with E-state index in [1.54, 1.807) is 23.1 Å². The number of nitrogens with zero attached hydrogens (tertiary/aromatic N) is 2. The highest BCUT2D eigenvalue weighted by atomic mass is 35.5. The Morgan fingerprint density at radius 1 is 0.926 bits per heavy atom. The quantitative estimate of drug-likeness (QED) is 0.531. The molecular formula is C22H16Cl2N2O. The van der Waals surface area contributed by atoms with Gasteiger partial charge in [0.1, 0.15) is 0 Å². The molecular weight excluding hydrogens is 379 g/mol. The molecule has 1 amide bonds. The van der Waals surface area contributed by atoms with Crippen molar-refractivity contribution in [3.63, 3.8) is 0 Å². The summed E-state index contributed by atoms with van der Waals surface area (Å²) in [6.07, 6.45) is 0.170. The lowest BCUT2D eigenvalue weighted by Gasteiger charge is -2.23. The van der Waals surface area contributed by atoms with Gasteiger partial charge in [-0.3, -0.25) is 9.79 Å². The number of benzene rings is 3. The molecule has 3 nitrogen and oxygen atoms in total. The second kappa shape index (κ2) is 7.55. The summed E-state index contributed by atoms with van der Waals surface area (Å²) in [5.74, 6) is -0.0430. The van der Waals surface area contributed by atoms with E-state index in [-0.39, 0.29) is 12.3 Å². The van der Waals surface area contributed by atoms with Gasteiger partial charge in [0.15, 0.2) is 0 Å². The third-order valence-corrected chi connectivity index (χ3v) is 5.04. The third-order valence-electron chi connectivity index (χ3n) is 4.47. The molecule has 3 aromatic rings. The van der Waals surface area contributed by atoms with Gasteiger partial charge in [0.2, 0.25) is 5.91 Å². The molecule has 4 rings (SSSR count). The Morgan fingerprint density at radius 2 is 1.67 bits per heavy atom. The molecule has 0 N–H and O–H groups in total. The molecule has 0 fully saturated rings. The maximum Gasteiger partial charge on any atom is 0.233 e. The van der Waals surface area contributed by atoms with Gasteiger partial charge in [-0.25, -0.2) is 0 Å². The lowest BCUT2D eigenvalue weighted by atomic mass is 10.1. The van der Waals surface area contributed by atoms with E-state index >= 15 is 0 Å². The van der Waals surface area contributed by atoms with Crippen LogP contribution in [0.2, 0.25) is 10.0 Å². The number of fused-ring (bicyclic) bond motifs is 1.